The number of amides is 3. The molecule has 0 aromatic heterocycles. The highest BCUT2D eigenvalue weighted by molar-refractivity contribution is 5.80. The second-order valence-electron chi connectivity index (χ2n) is 7.89. The van der Waals surface area contributed by atoms with Gasteiger partial charge in [0.25, 0.3) is 0 Å². The Balaban J connectivity index is 1.38. The second kappa shape index (κ2) is 8.88. The van der Waals surface area contributed by atoms with Gasteiger partial charge >= 0.3 is 6.03 Å². The summed E-state index contributed by atoms with van der Waals surface area (Å²) in [5.41, 5.74) is 0. The van der Waals surface area contributed by atoms with Crippen molar-refractivity contribution < 1.29 is 14.3 Å². The van der Waals surface area contributed by atoms with Crippen molar-refractivity contribution in [1.82, 2.24) is 15.5 Å². The lowest BCUT2D eigenvalue weighted by molar-refractivity contribution is -0.127. The maximum absolute atomic E-state index is 12.4. The molecule has 3 aliphatic rings. The summed E-state index contributed by atoms with van der Waals surface area (Å²) in [6.07, 6.45) is 9.76. The molecular formula is C19H33N3O3. The first kappa shape index (κ1) is 18.5. The highest BCUT2D eigenvalue weighted by Crippen LogP contribution is 2.21. The molecule has 3 rings (SSSR count). The van der Waals surface area contributed by atoms with Crippen molar-refractivity contribution in [3.63, 3.8) is 0 Å². The van der Waals surface area contributed by atoms with Gasteiger partial charge in [0.1, 0.15) is 0 Å². The molecule has 142 valence electrons. The van der Waals surface area contributed by atoms with Crippen LogP contribution in [0.1, 0.15) is 64.7 Å². The highest BCUT2D eigenvalue weighted by Gasteiger charge is 2.30. The molecule has 1 saturated carbocycles. The molecule has 0 spiro atoms. The summed E-state index contributed by atoms with van der Waals surface area (Å²) in [5, 5.41) is 6.29. The van der Waals surface area contributed by atoms with Gasteiger partial charge in [0.2, 0.25) is 5.91 Å². The predicted molar refractivity (Wildman–Crippen MR) is 96.3 cm³/mol. The van der Waals surface area contributed by atoms with Gasteiger partial charge in [0.05, 0.1) is 12.1 Å². The molecule has 0 radical (unpaired) electrons. The van der Waals surface area contributed by atoms with Gasteiger partial charge in [-0.3, -0.25) is 4.79 Å². The number of urea groups is 1. The molecule has 2 heterocycles. The average Bonchev–Trinajstić information content (AvgIpc) is 3.17. The molecule has 1 aliphatic carbocycles. The van der Waals surface area contributed by atoms with E-state index in [4.69, 9.17) is 4.74 Å². The van der Waals surface area contributed by atoms with Crippen molar-refractivity contribution in [3.8, 4) is 0 Å². The van der Waals surface area contributed by atoms with Gasteiger partial charge in [-0.05, 0) is 45.4 Å². The molecule has 0 aromatic rings. The number of carbonyl (C=O) groups excluding carboxylic acids is 2. The number of carbonyl (C=O) groups is 2. The van der Waals surface area contributed by atoms with Crippen molar-refractivity contribution in [1.29, 1.82) is 0 Å². The summed E-state index contributed by atoms with van der Waals surface area (Å²) in [6, 6.07) is 0.395. The fourth-order valence-corrected chi connectivity index (χ4v) is 4.29. The van der Waals surface area contributed by atoms with Crippen molar-refractivity contribution in [2.45, 2.75) is 82.9 Å². The zero-order valence-electron chi connectivity index (χ0n) is 15.5. The molecule has 0 bridgehead atoms. The molecule has 6 nitrogen and oxygen atoms in total. The van der Waals surface area contributed by atoms with Gasteiger partial charge in [0.15, 0.2) is 0 Å². The number of ether oxygens (including phenoxy) is 1. The molecule has 2 saturated heterocycles. The maximum atomic E-state index is 12.4. The Morgan fingerprint density at radius 2 is 1.72 bits per heavy atom. The third-order valence-corrected chi connectivity index (χ3v) is 5.98. The third-order valence-electron chi connectivity index (χ3n) is 5.98. The lowest BCUT2D eigenvalue weighted by Crippen LogP contribution is -2.51. The Morgan fingerprint density at radius 3 is 2.36 bits per heavy atom. The molecule has 0 aromatic carbocycles. The van der Waals surface area contributed by atoms with Gasteiger partial charge in [-0.2, -0.15) is 0 Å². The summed E-state index contributed by atoms with van der Waals surface area (Å²) in [6.45, 7) is 4.13. The van der Waals surface area contributed by atoms with Crippen LogP contribution in [0.25, 0.3) is 0 Å². The van der Waals surface area contributed by atoms with Crippen LogP contribution in [0.2, 0.25) is 0 Å². The number of piperidine rings is 1. The summed E-state index contributed by atoms with van der Waals surface area (Å²) >= 11 is 0. The molecular weight excluding hydrogens is 318 g/mol. The highest BCUT2D eigenvalue weighted by atomic mass is 16.5. The van der Waals surface area contributed by atoms with E-state index >= 15 is 0 Å². The van der Waals surface area contributed by atoms with Gasteiger partial charge in [-0.1, -0.05) is 19.3 Å². The molecule has 3 fully saturated rings. The lowest BCUT2D eigenvalue weighted by Gasteiger charge is -2.34. The van der Waals surface area contributed by atoms with E-state index in [2.05, 4.69) is 10.6 Å². The zero-order valence-corrected chi connectivity index (χ0v) is 15.5. The monoisotopic (exact) mass is 351 g/mol. The summed E-state index contributed by atoms with van der Waals surface area (Å²) in [7, 11) is 0. The van der Waals surface area contributed by atoms with Crippen LogP contribution in [0.5, 0.6) is 0 Å². The number of likely N-dealkylation sites (tertiary alicyclic amines) is 1. The van der Waals surface area contributed by atoms with Crippen molar-refractivity contribution in [2.24, 2.45) is 5.92 Å². The first-order valence-corrected chi connectivity index (χ1v) is 10.1. The lowest BCUT2D eigenvalue weighted by atomic mass is 9.92. The van der Waals surface area contributed by atoms with Crippen LogP contribution in [-0.4, -0.2) is 54.7 Å². The molecule has 2 atom stereocenters. The number of nitrogens with zero attached hydrogens (tertiary/aromatic N) is 1. The van der Waals surface area contributed by atoms with Crippen LogP contribution < -0.4 is 10.6 Å². The Morgan fingerprint density at radius 1 is 1.00 bits per heavy atom. The number of nitrogens with one attached hydrogen (secondary N) is 2. The Bertz CT molecular complexity index is 451. The zero-order chi connectivity index (χ0) is 17.6. The molecule has 2 unspecified atom stereocenters. The smallest absolute Gasteiger partial charge is 0.317 e. The van der Waals surface area contributed by atoms with Crippen molar-refractivity contribution >= 4 is 11.9 Å². The quantitative estimate of drug-likeness (QED) is 0.817. The minimum atomic E-state index is -0.0193. The Hall–Kier alpha value is -1.30. The summed E-state index contributed by atoms with van der Waals surface area (Å²) in [4.78, 5) is 26.7. The minimum absolute atomic E-state index is 0.0193. The van der Waals surface area contributed by atoms with Crippen LogP contribution in [-0.2, 0) is 9.53 Å². The second-order valence-corrected chi connectivity index (χ2v) is 7.89. The number of hydrogen-bond donors (Lipinski definition) is 2. The van der Waals surface area contributed by atoms with Crippen molar-refractivity contribution in [3.05, 3.63) is 0 Å². The Kier molecular flexibility index (Phi) is 6.57. The van der Waals surface area contributed by atoms with Gasteiger partial charge in [-0.25, -0.2) is 4.79 Å². The van der Waals surface area contributed by atoms with Gasteiger partial charge < -0.3 is 20.3 Å². The first-order valence-electron chi connectivity index (χ1n) is 10.1. The van der Waals surface area contributed by atoms with Crippen LogP contribution in [0, 0.1) is 5.92 Å². The van der Waals surface area contributed by atoms with E-state index in [9.17, 15) is 9.59 Å². The van der Waals surface area contributed by atoms with E-state index < -0.39 is 0 Å². The molecule has 3 amide bonds. The SMILES string of the molecule is CC(NC(=O)N1CCC(C(=O)NC2CCCCC2)CC1)C1CCCO1. The number of rotatable bonds is 4. The average molecular weight is 351 g/mol. The van der Waals surface area contributed by atoms with Crippen LogP contribution in [0.3, 0.4) is 0 Å². The largest absolute Gasteiger partial charge is 0.376 e. The predicted octanol–water partition coefficient (Wildman–Crippen LogP) is 2.42. The number of hydrogen-bond acceptors (Lipinski definition) is 3. The topological polar surface area (TPSA) is 70.7 Å². The fourth-order valence-electron chi connectivity index (χ4n) is 4.29. The maximum Gasteiger partial charge on any atom is 0.317 e. The van der Waals surface area contributed by atoms with Crippen LogP contribution >= 0.6 is 0 Å². The minimum Gasteiger partial charge on any atom is -0.376 e. The Labute approximate surface area is 151 Å². The third kappa shape index (κ3) is 5.09. The fraction of sp³-hybridized carbons (Fsp3) is 0.895. The molecule has 2 N–H and O–H groups in total. The molecule has 6 heteroatoms. The molecule has 2 aliphatic heterocycles. The van der Waals surface area contributed by atoms with Gasteiger partial charge in [-0.15, -0.1) is 0 Å². The first-order chi connectivity index (χ1) is 12.1. The van der Waals surface area contributed by atoms with E-state index in [0.29, 0.717) is 19.1 Å². The van der Waals surface area contributed by atoms with E-state index in [-0.39, 0.29) is 30.0 Å². The van der Waals surface area contributed by atoms with E-state index in [0.717, 1.165) is 45.1 Å². The standard InChI is InChI=1S/C19H33N3O3/c1-14(17-8-5-13-25-17)20-19(24)22-11-9-15(10-12-22)18(23)21-16-6-3-2-4-7-16/h14-17H,2-13H2,1H3,(H,20,24)(H,21,23). The normalized spacial score (nSPS) is 27.1. The van der Waals surface area contributed by atoms with Gasteiger partial charge in [0, 0.05) is 31.7 Å². The van der Waals surface area contributed by atoms with E-state index in [1.54, 1.807) is 0 Å². The summed E-state index contributed by atoms with van der Waals surface area (Å²) < 4.78 is 5.64. The van der Waals surface area contributed by atoms with Crippen LogP contribution in [0.4, 0.5) is 4.79 Å². The van der Waals surface area contributed by atoms with Crippen molar-refractivity contribution in [2.75, 3.05) is 19.7 Å². The van der Waals surface area contributed by atoms with Crippen LogP contribution in [0.15, 0.2) is 0 Å². The summed E-state index contributed by atoms with van der Waals surface area (Å²) in [5.74, 6) is 0.251. The van der Waals surface area contributed by atoms with E-state index in [1.165, 1.54) is 19.3 Å². The molecule has 25 heavy (non-hydrogen) atoms. The van der Waals surface area contributed by atoms with E-state index in [1.807, 2.05) is 11.8 Å².